The third kappa shape index (κ3) is 3.52. The third-order valence-electron chi connectivity index (χ3n) is 3.08. The van der Waals surface area contributed by atoms with Crippen molar-refractivity contribution >= 4 is 0 Å². The van der Waals surface area contributed by atoms with Crippen LogP contribution in [0.3, 0.4) is 0 Å². The highest BCUT2D eigenvalue weighted by Gasteiger charge is 2.18. The van der Waals surface area contributed by atoms with Gasteiger partial charge in [-0.15, -0.1) is 0 Å². The van der Waals surface area contributed by atoms with E-state index in [0.717, 1.165) is 0 Å². The second-order valence-corrected chi connectivity index (χ2v) is 5.00. The Morgan fingerprint density at radius 2 is 1.71 bits per heavy atom. The SMILES string of the molecule is COc1cccc(C(O)c2ccc(OC(C)C)cc2)c1F. The molecule has 2 aromatic rings. The van der Waals surface area contributed by atoms with Crippen LogP contribution < -0.4 is 9.47 Å². The fourth-order valence-electron chi connectivity index (χ4n) is 2.08. The van der Waals surface area contributed by atoms with E-state index in [1.165, 1.54) is 13.2 Å². The lowest BCUT2D eigenvalue weighted by Gasteiger charge is -2.15. The van der Waals surface area contributed by atoms with Crippen molar-refractivity contribution in [3.8, 4) is 11.5 Å². The molecule has 2 aromatic carbocycles. The normalized spacial score (nSPS) is 12.3. The van der Waals surface area contributed by atoms with Gasteiger partial charge < -0.3 is 14.6 Å². The first-order valence-corrected chi connectivity index (χ1v) is 6.80. The van der Waals surface area contributed by atoms with Crippen molar-refractivity contribution in [3.05, 3.63) is 59.4 Å². The molecule has 1 atom stereocenters. The van der Waals surface area contributed by atoms with Gasteiger partial charge in [0.25, 0.3) is 0 Å². The van der Waals surface area contributed by atoms with E-state index in [-0.39, 0.29) is 17.4 Å². The van der Waals surface area contributed by atoms with E-state index in [4.69, 9.17) is 9.47 Å². The minimum absolute atomic E-state index is 0.0802. The molecule has 0 radical (unpaired) electrons. The number of ether oxygens (including phenoxy) is 2. The molecule has 0 bridgehead atoms. The van der Waals surface area contributed by atoms with Gasteiger partial charge in [-0.2, -0.15) is 0 Å². The number of hydrogen-bond acceptors (Lipinski definition) is 3. The molecule has 2 rings (SSSR count). The van der Waals surface area contributed by atoms with Crippen LogP contribution in [0.4, 0.5) is 4.39 Å². The predicted molar refractivity (Wildman–Crippen MR) is 79.2 cm³/mol. The Labute approximate surface area is 124 Å². The summed E-state index contributed by atoms with van der Waals surface area (Å²) < 4.78 is 24.6. The largest absolute Gasteiger partial charge is 0.494 e. The van der Waals surface area contributed by atoms with Gasteiger partial charge in [0.2, 0.25) is 0 Å². The minimum atomic E-state index is -1.05. The predicted octanol–water partition coefficient (Wildman–Crippen LogP) is 3.70. The summed E-state index contributed by atoms with van der Waals surface area (Å²) >= 11 is 0. The van der Waals surface area contributed by atoms with Gasteiger partial charge >= 0.3 is 0 Å². The number of aliphatic hydroxyl groups is 1. The fourth-order valence-corrected chi connectivity index (χ4v) is 2.08. The Balaban J connectivity index is 2.26. The molecular weight excluding hydrogens is 271 g/mol. The van der Waals surface area contributed by atoms with Gasteiger partial charge in [-0.3, -0.25) is 0 Å². The zero-order chi connectivity index (χ0) is 15.4. The van der Waals surface area contributed by atoms with E-state index in [2.05, 4.69) is 0 Å². The molecule has 1 N–H and O–H groups in total. The zero-order valence-corrected chi connectivity index (χ0v) is 12.3. The second kappa shape index (κ2) is 6.59. The Bertz CT molecular complexity index is 593. The maximum atomic E-state index is 14.2. The number of halogens is 1. The highest BCUT2D eigenvalue weighted by molar-refractivity contribution is 5.38. The van der Waals surface area contributed by atoms with Crippen LogP contribution in [0.5, 0.6) is 11.5 Å². The molecule has 0 saturated heterocycles. The van der Waals surface area contributed by atoms with E-state index < -0.39 is 11.9 Å². The standard InChI is InChI=1S/C17H19FO3/c1-11(2)21-13-9-7-12(8-10-13)17(19)14-5-4-6-15(20-3)16(14)18/h4-11,17,19H,1-3H3. The number of rotatable bonds is 5. The molecule has 112 valence electrons. The lowest BCUT2D eigenvalue weighted by atomic mass is 10.0. The molecule has 21 heavy (non-hydrogen) atoms. The average molecular weight is 290 g/mol. The van der Waals surface area contributed by atoms with Gasteiger partial charge in [-0.05, 0) is 37.6 Å². The Kier molecular flexibility index (Phi) is 4.81. The summed E-state index contributed by atoms with van der Waals surface area (Å²) in [7, 11) is 1.40. The van der Waals surface area contributed by atoms with Crippen molar-refractivity contribution in [3.63, 3.8) is 0 Å². The fraction of sp³-hybridized carbons (Fsp3) is 0.294. The molecule has 0 aliphatic heterocycles. The van der Waals surface area contributed by atoms with Gasteiger partial charge in [-0.25, -0.2) is 4.39 Å². The zero-order valence-electron chi connectivity index (χ0n) is 12.3. The van der Waals surface area contributed by atoms with Crippen LogP contribution in [0.15, 0.2) is 42.5 Å². The van der Waals surface area contributed by atoms with Gasteiger partial charge in [-0.1, -0.05) is 24.3 Å². The highest BCUT2D eigenvalue weighted by atomic mass is 19.1. The molecular formula is C17H19FO3. The quantitative estimate of drug-likeness (QED) is 0.912. The van der Waals surface area contributed by atoms with Gasteiger partial charge in [0.15, 0.2) is 11.6 Å². The van der Waals surface area contributed by atoms with Crippen LogP contribution in [0.2, 0.25) is 0 Å². The smallest absolute Gasteiger partial charge is 0.171 e. The van der Waals surface area contributed by atoms with Crippen LogP contribution in [0, 0.1) is 5.82 Å². The topological polar surface area (TPSA) is 38.7 Å². The molecule has 0 spiro atoms. The Hall–Kier alpha value is -2.07. The van der Waals surface area contributed by atoms with E-state index in [1.54, 1.807) is 36.4 Å². The van der Waals surface area contributed by atoms with Crippen LogP contribution in [0.25, 0.3) is 0 Å². The summed E-state index contributed by atoms with van der Waals surface area (Å²) in [5.74, 6) is 0.286. The molecule has 4 heteroatoms. The molecule has 0 fully saturated rings. The molecule has 0 aliphatic rings. The van der Waals surface area contributed by atoms with Gasteiger partial charge in [0.05, 0.1) is 13.2 Å². The number of methoxy groups -OCH3 is 1. The maximum absolute atomic E-state index is 14.2. The molecule has 0 aliphatic carbocycles. The monoisotopic (exact) mass is 290 g/mol. The summed E-state index contributed by atoms with van der Waals surface area (Å²) in [6, 6.07) is 11.7. The third-order valence-corrected chi connectivity index (χ3v) is 3.08. The Morgan fingerprint density at radius 3 is 2.29 bits per heavy atom. The average Bonchev–Trinajstić information content (AvgIpc) is 2.47. The molecule has 0 saturated carbocycles. The van der Waals surface area contributed by atoms with Gasteiger partial charge in [0, 0.05) is 5.56 Å². The second-order valence-electron chi connectivity index (χ2n) is 5.00. The van der Waals surface area contributed by atoms with Crippen molar-refractivity contribution < 1.29 is 19.0 Å². The lowest BCUT2D eigenvalue weighted by molar-refractivity contribution is 0.212. The summed E-state index contributed by atoms with van der Waals surface area (Å²) in [6.07, 6.45) is -0.968. The summed E-state index contributed by atoms with van der Waals surface area (Å²) in [5.41, 5.74) is 0.783. The van der Waals surface area contributed by atoms with E-state index in [1.807, 2.05) is 13.8 Å². The first-order valence-electron chi connectivity index (χ1n) is 6.80. The molecule has 0 heterocycles. The first-order chi connectivity index (χ1) is 10.0. The van der Waals surface area contributed by atoms with Crippen molar-refractivity contribution in [1.29, 1.82) is 0 Å². The summed E-state index contributed by atoms with van der Waals surface area (Å²) in [5, 5.41) is 10.3. The summed E-state index contributed by atoms with van der Waals surface area (Å²) in [4.78, 5) is 0. The van der Waals surface area contributed by atoms with Crippen molar-refractivity contribution in [1.82, 2.24) is 0 Å². The highest BCUT2D eigenvalue weighted by Crippen LogP contribution is 2.30. The van der Waals surface area contributed by atoms with Crippen LogP contribution in [-0.4, -0.2) is 18.3 Å². The van der Waals surface area contributed by atoms with Crippen LogP contribution in [0.1, 0.15) is 31.1 Å². The van der Waals surface area contributed by atoms with E-state index in [9.17, 15) is 9.50 Å². The molecule has 1 unspecified atom stereocenters. The minimum Gasteiger partial charge on any atom is -0.494 e. The lowest BCUT2D eigenvalue weighted by Crippen LogP contribution is -2.06. The maximum Gasteiger partial charge on any atom is 0.171 e. The molecule has 0 amide bonds. The first kappa shape index (κ1) is 15.3. The molecule has 0 aromatic heterocycles. The van der Waals surface area contributed by atoms with Gasteiger partial charge in [0.1, 0.15) is 11.9 Å². The summed E-state index contributed by atoms with van der Waals surface area (Å²) in [6.45, 7) is 3.88. The number of hydrogen-bond donors (Lipinski definition) is 1. The Morgan fingerprint density at radius 1 is 1.05 bits per heavy atom. The van der Waals surface area contributed by atoms with Crippen LogP contribution >= 0.6 is 0 Å². The number of aliphatic hydroxyl groups excluding tert-OH is 1. The molecule has 3 nitrogen and oxygen atoms in total. The van der Waals surface area contributed by atoms with E-state index >= 15 is 0 Å². The van der Waals surface area contributed by atoms with Crippen LogP contribution in [-0.2, 0) is 0 Å². The van der Waals surface area contributed by atoms with Crippen molar-refractivity contribution in [2.45, 2.75) is 26.1 Å². The van der Waals surface area contributed by atoms with Crippen molar-refractivity contribution in [2.24, 2.45) is 0 Å². The van der Waals surface area contributed by atoms with Crippen molar-refractivity contribution in [2.75, 3.05) is 7.11 Å². The van der Waals surface area contributed by atoms with E-state index in [0.29, 0.717) is 11.3 Å². The number of benzene rings is 2.